The van der Waals surface area contributed by atoms with Crippen molar-refractivity contribution >= 4 is 28.6 Å². The van der Waals surface area contributed by atoms with Gasteiger partial charge < -0.3 is 14.6 Å². The first-order chi connectivity index (χ1) is 8.54. The zero-order valence-corrected chi connectivity index (χ0v) is 10.6. The van der Waals surface area contributed by atoms with Crippen molar-refractivity contribution in [2.45, 2.75) is 13.8 Å². The Hall–Kier alpha value is -1.88. The van der Waals surface area contributed by atoms with Crippen molar-refractivity contribution < 1.29 is 14.6 Å². The summed E-state index contributed by atoms with van der Waals surface area (Å²) in [5, 5.41) is 11.4. The van der Waals surface area contributed by atoms with Crippen LogP contribution in [0.3, 0.4) is 0 Å². The van der Waals surface area contributed by atoms with Gasteiger partial charge in [-0.2, -0.15) is 0 Å². The Labute approximate surface area is 108 Å². The standard InChI is InChI=1S/C12H11ClN2O3/c1-3-18-9-4-7-10(13)8(12(16)17)5-14-11(7)15-6(9)2/h4-5H,3H2,1-2H3,(H,16,17)/p-1. The number of hydrogen-bond acceptors (Lipinski definition) is 5. The summed E-state index contributed by atoms with van der Waals surface area (Å²) in [6.45, 7) is 4.12. The minimum absolute atomic E-state index is 0.0634. The van der Waals surface area contributed by atoms with Gasteiger partial charge >= 0.3 is 0 Å². The van der Waals surface area contributed by atoms with Crippen LogP contribution < -0.4 is 9.84 Å². The van der Waals surface area contributed by atoms with Crippen LogP contribution >= 0.6 is 11.6 Å². The minimum Gasteiger partial charge on any atom is -0.545 e. The van der Waals surface area contributed by atoms with Crippen molar-refractivity contribution in [3.05, 3.63) is 28.5 Å². The fraction of sp³-hybridized carbons (Fsp3) is 0.250. The predicted molar refractivity (Wildman–Crippen MR) is 64.8 cm³/mol. The number of aromatic carboxylic acids is 1. The van der Waals surface area contributed by atoms with E-state index in [0.29, 0.717) is 29.1 Å². The molecule has 0 atom stereocenters. The maximum Gasteiger partial charge on any atom is 0.161 e. The molecular weight excluding hydrogens is 256 g/mol. The van der Waals surface area contributed by atoms with E-state index in [0.717, 1.165) is 6.20 Å². The Morgan fingerprint density at radius 3 is 2.89 bits per heavy atom. The third-order valence-electron chi connectivity index (χ3n) is 2.46. The molecule has 0 N–H and O–H groups in total. The van der Waals surface area contributed by atoms with Crippen LogP contribution in [0.1, 0.15) is 23.0 Å². The number of carbonyl (C=O) groups excluding carboxylic acids is 1. The summed E-state index contributed by atoms with van der Waals surface area (Å²) in [7, 11) is 0. The quantitative estimate of drug-likeness (QED) is 0.837. The Balaban J connectivity index is 2.71. The molecule has 2 rings (SSSR count). The van der Waals surface area contributed by atoms with Gasteiger partial charge in [0.15, 0.2) is 5.65 Å². The third-order valence-corrected chi connectivity index (χ3v) is 2.86. The van der Waals surface area contributed by atoms with Crippen molar-refractivity contribution in [2.24, 2.45) is 0 Å². The first-order valence-electron chi connectivity index (χ1n) is 5.34. The van der Waals surface area contributed by atoms with Gasteiger partial charge in [-0.15, -0.1) is 0 Å². The summed E-state index contributed by atoms with van der Waals surface area (Å²) in [4.78, 5) is 19.0. The molecule has 0 radical (unpaired) electrons. The van der Waals surface area contributed by atoms with Crippen molar-refractivity contribution in [3.8, 4) is 5.75 Å². The molecule has 0 aliphatic heterocycles. The Morgan fingerprint density at radius 2 is 2.28 bits per heavy atom. The molecule has 18 heavy (non-hydrogen) atoms. The second kappa shape index (κ2) is 4.78. The fourth-order valence-electron chi connectivity index (χ4n) is 1.61. The zero-order chi connectivity index (χ0) is 13.3. The Bertz CT molecular complexity index is 628. The monoisotopic (exact) mass is 265 g/mol. The molecule has 5 nitrogen and oxygen atoms in total. The smallest absolute Gasteiger partial charge is 0.161 e. The van der Waals surface area contributed by atoms with E-state index in [4.69, 9.17) is 16.3 Å². The van der Waals surface area contributed by atoms with E-state index in [-0.39, 0.29) is 10.6 Å². The SMILES string of the molecule is CCOc1cc2c(Cl)c(C(=O)[O-])cnc2nc1C. The summed E-state index contributed by atoms with van der Waals surface area (Å²) in [5.74, 6) is -0.808. The Morgan fingerprint density at radius 1 is 1.56 bits per heavy atom. The molecule has 6 heteroatoms. The lowest BCUT2D eigenvalue weighted by atomic mass is 10.2. The van der Waals surface area contributed by atoms with E-state index < -0.39 is 5.97 Å². The number of pyridine rings is 2. The summed E-state index contributed by atoms with van der Waals surface area (Å²) in [5.41, 5.74) is 0.900. The molecular formula is C12H10ClN2O3-. The first-order valence-corrected chi connectivity index (χ1v) is 5.72. The highest BCUT2D eigenvalue weighted by molar-refractivity contribution is 6.37. The van der Waals surface area contributed by atoms with Gasteiger partial charge in [-0.25, -0.2) is 9.97 Å². The average Bonchev–Trinajstić information content (AvgIpc) is 2.31. The Kier molecular flexibility index (Phi) is 3.34. The van der Waals surface area contributed by atoms with Crippen LogP contribution in [0.25, 0.3) is 11.0 Å². The van der Waals surface area contributed by atoms with Crippen LogP contribution in [-0.4, -0.2) is 22.5 Å². The molecule has 0 aliphatic carbocycles. The average molecular weight is 266 g/mol. The number of aromatic nitrogens is 2. The highest BCUT2D eigenvalue weighted by Gasteiger charge is 2.11. The maximum atomic E-state index is 10.9. The van der Waals surface area contributed by atoms with E-state index in [2.05, 4.69) is 9.97 Å². The van der Waals surface area contributed by atoms with Gasteiger partial charge in [0, 0.05) is 17.1 Å². The van der Waals surface area contributed by atoms with E-state index >= 15 is 0 Å². The molecule has 0 amide bonds. The summed E-state index contributed by atoms with van der Waals surface area (Å²) < 4.78 is 5.39. The van der Waals surface area contributed by atoms with Gasteiger partial charge in [-0.3, -0.25) is 0 Å². The number of fused-ring (bicyclic) bond motifs is 1. The lowest BCUT2D eigenvalue weighted by molar-refractivity contribution is -0.255. The van der Waals surface area contributed by atoms with E-state index in [1.165, 1.54) is 0 Å². The van der Waals surface area contributed by atoms with E-state index in [1.54, 1.807) is 13.0 Å². The van der Waals surface area contributed by atoms with Gasteiger partial charge in [0.1, 0.15) is 5.75 Å². The van der Waals surface area contributed by atoms with Crippen molar-refractivity contribution in [1.82, 2.24) is 9.97 Å². The second-order valence-corrected chi connectivity index (χ2v) is 4.03. The molecule has 2 aromatic rings. The highest BCUT2D eigenvalue weighted by Crippen LogP contribution is 2.29. The van der Waals surface area contributed by atoms with Crippen LogP contribution in [-0.2, 0) is 0 Å². The minimum atomic E-state index is -1.37. The van der Waals surface area contributed by atoms with Crippen molar-refractivity contribution in [3.63, 3.8) is 0 Å². The molecule has 0 saturated heterocycles. The van der Waals surface area contributed by atoms with Crippen LogP contribution in [0.15, 0.2) is 12.3 Å². The molecule has 0 fully saturated rings. The van der Waals surface area contributed by atoms with Gasteiger partial charge in [0.25, 0.3) is 0 Å². The molecule has 0 saturated carbocycles. The molecule has 94 valence electrons. The van der Waals surface area contributed by atoms with E-state index in [9.17, 15) is 9.90 Å². The third kappa shape index (κ3) is 2.09. The summed E-state index contributed by atoms with van der Waals surface area (Å²) in [6.07, 6.45) is 1.15. The normalized spacial score (nSPS) is 10.6. The first kappa shape index (κ1) is 12.6. The number of carbonyl (C=O) groups is 1. The largest absolute Gasteiger partial charge is 0.545 e. The number of carboxylic acids is 1. The lowest BCUT2D eigenvalue weighted by Crippen LogP contribution is -2.23. The fourth-order valence-corrected chi connectivity index (χ4v) is 1.87. The van der Waals surface area contributed by atoms with Gasteiger partial charge in [0.05, 0.1) is 23.3 Å². The maximum absolute atomic E-state index is 10.9. The molecule has 2 heterocycles. The molecule has 0 unspecified atom stereocenters. The molecule has 0 bridgehead atoms. The van der Waals surface area contributed by atoms with Crippen LogP contribution in [0.2, 0.25) is 5.02 Å². The number of hydrogen-bond donors (Lipinski definition) is 0. The zero-order valence-electron chi connectivity index (χ0n) is 9.86. The molecule has 0 aliphatic rings. The molecule has 2 aromatic heterocycles. The number of nitrogens with zero attached hydrogens (tertiary/aromatic N) is 2. The predicted octanol–water partition coefficient (Wildman–Crippen LogP) is 1.35. The van der Waals surface area contributed by atoms with Gasteiger partial charge in [-0.05, 0) is 19.9 Å². The van der Waals surface area contributed by atoms with Crippen molar-refractivity contribution in [2.75, 3.05) is 6.61 Å². The van der Waals surface area contributed by atoms with Crippen LogP contribution in [0.5, 0.6) is 5.75 Å². The number of carboxylic acid groups (broad SMARTS) is 1. The van der Waals surface area contributed by atoms with Crippen LogP contribution in [0.4, 0.5) is 0 Å². The summed E-state index contributed by atoms with van der Waals surface area (Å²) in [6, 6.07) is 1.64. The van der Waals surface area contributed by atoms with Crippen molar-refractivity contribution in [1.29, 1.82) is 0 Å². The van der Waals surface area contributed by atoms with Gasteiger partial charge in [0.2, 0.25) is 0 Å². The molecule has 0 spiro atoms. The highest BCUT2D eigenvalue weighted by atomic mass is 35.5. The van der Waals surface area contributed by atoms with E-state index in [1.807, 2.05) is 6.92 Å². The second-order valence-electron chi connectivity index (χ2n) is 3.65. The van der Waals surface area contributed by atoms with Gasteiger partial charge in [-0.1, -0.05) is 11.6 Å². The topological polar surface area (TPSA) is 75.1 Å². The number of halogens is 1. The number of rotatable bonds is 3. The number of ether oxygens (including phenoxy) is 1. The number of aryl methyl sites for hydroxylation is 1. The molecule has 0 aromatic carbocycles. The summed E-state index contributed by atoms with van der Waals surface area (Å²) >= 11 is 6.00. The lowest BCUT2D eigenvalue weighted by Gasteiger charge is -2.11. The van der Waals surface area contributed by atoms with Crippen LogP contribution in [0, 0.1) is 6.92 Å².